The zero-order chi connectivity index (χ0) is 20.5. The predicted octanol–water partition coefficient (Wildman–Crippen LogP) is 5.79. The Bertz CT molecular complexity index is 919. The number of hydrogen-bond donors (Lipinski definition) is 1. The molecule has 154 valence electrons. The van der Waals surface area contributed by atoms with Gasteiger partial charge in [-0.2, -0.15) is 0 Å². The molecule has 1 fully saturated rings. The molecule has 1 aliphatic carbocycles. The van der Waals surface area contributed by atoms with E-state index in [0.717, 1.165) is 36.1 Å². The van der Waals surface area contributed by atoms with Gasteiger partial charge in [0.15, 0.2) is 0 Å². The van der Waals surface area contributed by atoms with E-state index in [-0.39, 0.29) is 24.1 Å². The Morgan fingerprint density at radius 3 is 2.59 bits per heavy atom. The van der Waals surface area contributed by atoms with Crippen LogP contribution in [0.25, 0.3) is 0 Å². The molecule has 1 atom stereocenters. The lowest BCUT2D eigenvalue weighted by atomic mass is 9.91. The number of ether oxygens (including phenoxy) is 1. The molecule has 1 aromatic carbocycles. The molecule has 0 spiro atoms. The maximum Gasteiger partial charge on any atom is 0.350 e. The first-order valence-corrected chi connectivity index (χ1v) is 11.4. The van der Waals surface area contributed by atoms with Crippen molar-refractivity contribution in [3.8, 4) is 0 Å². The van der Waals surface area contributed by atoms with Gasteiger partial charge in [0, 0.05) is 15.9 Å². The van der Waals surface area contributed by atoms with Crippen molar-refractivity contribution in [2.24, 2.45) is 0 Å². The Labute approximate surface area is 180 Å². The second-order valence-electron chi connectivity index (χ2n) is 7.56. The number of hydrogen-bond acceptors (Lipinski definition) is 5. The molecule has 0 saturated heterocycles. The smallest absolute Gasteiger partial charge is 0.350 e. The van der Waals surface area contributed by atoms with Crippen molar-refractivity contribution in [1.29, 1.82) is 0 Å². The molecule has 29 heavy (non-hydrogen) atoms. The standard InChI is InChI=1S/C22H25ClN2O3S/c1-3-28-22(27)19-18-17(13(2)29-19)21(26)25(16-7-5-4-6-8-16)20(24-18)14-9-11-15(23)12-10-14/h9-12,16,20,24H,3-8H2,1-2H3. The molecule has 5 nitrogen and oxygen atoms in total. The molecule has 2 aromatic rings. The van der Waals surface area contributed by atoms with Crippen molar-refractivity contribution in [1.82, 2.24) is 4.90 Å². The SMILES string of the molecule is CCOC(=O)c1sc(C)c2c1NC(c1ccc(Cl)cc1)N(C1CCCCC1)C2=O. The highest BCUT2D eigenvalue weighted by Gasteiger charge is 2.41. The summed E-state index contributed by atoms with van der Waals surface area (Å²) in [7, 11) is 0. The zero-order valence-corrected chi connectivity index (χ0v) is 18.2. The number of aryl methyl sites for hydroxylation is 1. The Morgan fingerprint density at radius 2 is 1.93 bits per heavy atom. The summed E-state index contributed by atoms with van der Waals surface area (Å²) in [6.07, 6.45) is 5.14. The molecule has 4 rings (SSSR count). The molecule has 1 aromatic heterocycles. The number of nitrogens with zero attached hydrogens (tertiary/aromatic N) is 1. The number of nitrogens with one attached hydrogen (secondary N) is 1. The van der Waals surface area contributed by atoms with Gasteiger partial charge in [0.05, 0.1) is 17.9 Å². The number of thiophene rings is 1. The van der Waals surface area contributed by atoms with Gasteiger partial charge >= 0.3 is 5.97 Å². The monoisotopic (exact) mass is 432 g/mol. The maximum absolute atomic E-state index is 13.7. The predicted molar refractivity (Wildman–Crippen MR) is 116 cm³/mol. The number of halogens is 1. The van der Waals surface area contributed by atoms with Gasteiger partial charge in [-0.1, -0.05) is 43.0 Å². The van der Waals surface area contributed by atoms with E-state index in [1.807, 2.05) is 36.1 Å². The van der Waals surface area contributed by atoms with Crippen LogP contribution < -0.4 is 5.32 Å². The van der Waals surface area contributed by atoms with E-state index in [0.29, 0.717) is 27.8 Å². The van der Waals surface area contributed by atoms with Crippen LogP contribution in [0, 0.1) is 6.92 Å². The third-order valence-corrected chi connectivity index (χ3v) is 7.04. The molecule has 1 N–H and O–H groups in total. The molecule has 1 aliphatic heterocycles. The number of benzene rings is 1. The fourth-order valence-corrected chi connectivity index (χ4v) is 5.49. The Hall–Kier alpha value is -2.05. The highest BCUT2D eigenvalue weighted by molar-refractivity contribution is 7.15. The number of amides is 1. The first-order chi connectivity index (χ1) is 14.0. The largest absolute Gasteiger partial charge is 0.462 e. The topological polar surface area (TPSA) is 58.6 Å². The Kier molecular flexibility index (Phi) is 5.83. The van der Waals surface area contributed by atoms with Gasteiger partial charge in [0.2, 0.25) is 0 Å². The van der Waals surface area contributed by atoms with Crippen LogP contribution in [0.5, 0.6) is 0 Å². The molecule has 1 unspecified atom stereocenters. The van der Waals surface area contributed by atoms with Crippen LogP contribution in [0.4, 0.5) is 5.69 Å². The van der Waals surface area contributed by atoms with Gasteiger partial charge in [-0.05, 0) is 44.4 Å². The van der Waals surface area contributed by atoms with E-state index < -0.39 is 0 Å². The first kappa shape index (κ1) is 20.2. The van der Waals surface area contributed by atoms with E-state index >= 15 is 0 Å². The van der Waals surface area contributed by atoms with Crippen molar-refractivity contribution >= 4 is 40.5 Å². The van der Waals surface area contributed by atoms with Crippen LogP contribution in [-0.4, -0.2) is 29.4 Å². The molecule has 1 saturated carbocycles. The fraction of sp³-hybridized carbons (Fsp3) is 0.455. The minimum Gasteiger partial charge on any atom is -0.462 e. The maximum atomic E-state index is 13.7. The van der Waals surface area contributed by atoms with E-state index in [4.69, 9.17) is 16.3 Å². The van der Waals surface area contributed by atoms with Crippen molar-refractivity contribution in [3.63, 3.8) is 0 Å². The van der Waals surface area contributed by atoms with Crippen LogP contribution in [0.2, 0.25) is 5.02 Å². The second kappa shape index (κ2) is 8.36. The number of rotatable bonds is 4. The lowest BCUT2D eigenvalue weighted by Crippen LogP contribution is -2.49. The van der Waals surface area contributed by atoms with Crippen LogP contribution in [0.15, 0.2) is 24.3 Å². The second-order valence-corrected chi connectivity index (χ2v) is 9.22. The van der Waals surface area contributed by atoms with Crippen LogP contribution >= 0.6 is 22.9 Å². The lowest BCUT2D eigenvalue weighted by Gasteiger charge is -2.43. The molecule has 0 radical (unpaired) electrons. The van der Waals surface area contributed by atoms with E-state index in [2.05, 4.69) is 5.32 Å². The first-order valence-electron chi connectivity index (χ1n) is 10.2. The number of carbonyl (C=O) groups is 2. The van der Waals surface area contributed by atoms with Crippen molar-refractivity contribution in [2.45, 2.75) is 58.2 Å². The van der Waals surface area contributed by atoms with Crippen LogP contribution in [0.1, 0.15) is 75.7 Å². The summed E-state index contributed by atoms with van der Waals surface area (Å²) in [6.45, 7) is 3.98. The van der Waals surface area contributed by atoms with Gasteiger partial charge in [-0.25, -0.2) is 4.79 Å². The minimum absolute atomic E-state index is 0.00472. The lowest BCUT2D eigenvalue weighted by molar-refractivity contribution is 0.0519. The van der Waals surface area contributed by atoms with Crippen LogP contribution in [0.3, 0.4) is 0 Å². The minimum atomic E-state index is -0.386. The summed E-state index contributed by atoms with van der Waals surface area (Å²) < 4.78 is 5.23. The van der Waals surface area contributed by atoms with Gasteiger partial charge in [-0.15, -0.1) is 11.3 Å². The summed E-state index contributed by atoms with van der Waals surface area (Å²) in [5.74, 6) is -0.391. The van der Waals surface area contributed by atoms with Gasteiger partial charge in [0.1, 0.15) is 11.0 Å². The fourth-order valence-electron chi connectivity index (χ4n) is 4.36. The quantitative estimate of drug-likeness (QED) is 0.621. The van der Waals surface area contributed by atoms with Crippen molar-refractivity contribution < 1.29 is 14.3 Å². The number of anilines is 1. The molecule has 1 amide bonds. The van der Waals surface area contributed by atoms with E-state index in [9.17, 15) is 9.59 Å². The normalized spacial score (nSPS) is 19.6. The van der Waals surface area contributed by atoms with E-state index in [1.54, 1.807) is 6.92 Å². The van der Waals surface area contributed by atoms with Crippen molar-refractivity contribution in [2.75, 3.05) is 11.9 Å². The summed E-state index contributed by atoms with van der Waals surface area (Å²) in [4.78, 5) is 29.5. The Balaban J connectivity index is 1.80. The third kappa shape index (κ3) is 3.76. The zero-order valence-electron chi connectivity index (χ0n) is 16.7. The van der Waals surface area contributed by atoms with Gasteiger partial charge < -0.3 is 15.0 Å². The molecule has 7 heteroatoms. The average Bonchev–Trinajstić information content (AvgIpc) is 3.06. The number of fused-ring (bicyclic) bond motifs is 1. The van der Waals surface area contributed by atoms with Crippen molar-refractivity contribution in [3.05, 3.63) is 50.2 Å². The number of esters is 1. The van der Waals surface area contributed by atoms with Crippen LogP contribution in [-0.2, 0) is 4.74 Å². The summed E-state index contributed by atoms with van der Waals surface area (Å²) in [5, 5.41) is 4.16. The average molecular weight is 433 g/mol. The molecule has 2 aliphatic rings. The summed E-state index contributed by atoms with van der Waals surface area (Å²) in [6, 6.07) is 7.74. The number of carbonyl (C=O) groups excluding carboxylic acids is 2. The molecular formula is C22H25ClN2O3S. The molecule has 0 bridgehead atoms. The highest BCUT2D eigenvalue weighted by Crippen LogP contribution is 2.44. The van der Waals surface area contributed by atoms with Gasteiger partial charge in [0.25, 0.3) is 5.91 Å². The molecular weight excluding hydrogens is 408 g/mol. The third-order valence-electron chi connectivity index (χ3n) is 5.71. The summed E-state index contributed by atoms with van der Waals surface area (Å²) in [5.41, 5.74) is 2.16. The Morgan fingerprint density at radius 1 is 1.24 bits per heavy atom. The summed E-state index contributed by atoms with van der Waals surface area (Å²) >= 11 is 7.41. The van der Waals surface area contributed by atoms with E-state index in [1.165, 1.54) is 17.8 Å². The highest BCUT2D eigenvalue weighted by atomic mass is 35.5. The molecule has 2 heterocycles. The van der Waals surface area contributed by atoms with Gasteiger partial charge in [-0.3, -0.25) is 4.79 Å².